The lowest BCUT2D eigenvalue weighted by molar-refractivity contribution is -0.174. The maximum atomic E-state index is 12.7. The molecule has 1 atom stereocenters. The second-order valence-electron chi connectivity index (χ2n) is 6.02. The Hall–Kier alpha value is -2.26. The van der Waals surface area contributed by atoms with Crippen LogP contribution in [0.25, 0.3) is 0 Å². The summed E-state index contributed by atoms with van der Waals surface area (Å²) in [6, 6.07) is 8.96. The largest absolute Gasteiger partial charge is 0.495 e. The second kappa shape index (κ2) is 8.40. The van der Waals surface area contributed by atoms with E-state index in [2.05, 4.69) is 0 Å². The lowest BCUT2D eigenvalue weighted by Crippen LogP contribution is -2.42. The van der Waals surface area contributed by atoms with E-state index in [1.54, 1.807) is 0 Å². The van der Waals surface area contributed by atoms with Crippen LogP contribution in [0.2, 0.25) is 5.02 Å². The predicted octanol–water partition coefficient (Wildman–Crippen LogP) is 3.79. The fourth-order valence-electron chi connectivity index (χ4n) is 2.47. The van der Waals surface area contributed by atoms with Crippen LogP contribution >= 0.6 is 11.6 Å². The Morgan fingerprint density at radius 1 is 1.14 bits per heavy atom. The molecular weight excluding hydrogens is 419 g/mol. The molecule has 2 aromatic carbocycles. The average molecular weight is 436 g/mol. The molecule has 5 nitrogen and oxygen atoms in total. The van der Waals surface area contributed by atoms with Crippen molar-refractivity contribution < 1.29 is 31.1 Å². The van der Waals surface area contributed by atoms with Crippen molar-refractivity contribution in [1.82, 2.24) is 5.32 Å². The molecule has 0 saturated heterocycles. The van der Waals surface area contributed by atoms with Crippen LogP contribution in [0.3, 0.4) is 0 Å². The lowest BCUT2D eigenvalue weighted by Gasteiger charge is -2.15. The molecule has 0 aliphatic rings. The topological polar surface area (TPSA) is 72.5 Å². The van der Waals surface area contributed by atoms with Crippen LogP contribution in [0.1, 0.15) is 12.5 Å². The molecule has 0 saturated carbocycles. The Morgan fingerprint density at radius 2 is 1.71 bits per heavy atom. The number of sulfone groups is 1. The Kier molecular flexibility index (Phi) is 6.61. The van der Waals surface area contributed by atoms with Crippen LogP contribution in [0.15, 0.2) is 52.3 Å². The van der Waals surface area contributed by atoms with E-state index in [9.17, 15) is 26.4 Å². The molecule has 0 spiro atoms. The number of halogens is 4. The molecule has 0 fully saturated rings. The van der Waals surface area contributed by atoms with Crippen LogP contribution < -0.4 is 10.1 Å². The van der Waals surface area contributed by atoms with Crippen molar-refractivity contribution in [3.8, 4) is 5.75 Å². The third kappa shape index (κ3) is 5.17. The molecule has 2 rings (SSSR count). The first kappa shape index (κ1) is 22.0. The molecule has 0 bridgehead atoms. The molecule has 1 N–H and O–H groups in total. The maximum Gasteiger partial charge on any atom is 0.471 e. The third-order valence-corrected chi connectivity index (χ3v) is 5.91. The van der Waals surface area contributed by atoms with Crippen LogP contribution in [0, 0.1) is 0 Å². The summed E-state index contributed by atoms with van der Waals surface area (Å²) in [5, 5.41) is 1.99. The second-order valence-corrected chi connectivity index (χ2v) is 8.38. The predicted molar refractivity (Wildman–Crippen MR) is 97.3 cm³/mol. The van der Waals surface area contributed by atoms with E-state index in [4.69, 9.17) is 16.3 Å². The summed E-state index contributed by atoms with van der Waals surface area (Å²) < 4.78 is 67.2. The van der Waals surface area contributed by atoms with Crippen molar-refractivity contribution in [2.24, 2.45) is 0 Å². The minimum atomic E-state index is -4.95. The van der Waals surface area contributed by atoms with Gasteiger partial charge in [0.1, 0.15) is 5.75 Å². The number of amides is 1. The number of ether oxygens (including phenoxy) is 1. The lowest BCUT2D eigenvalue weighted by atomic mass is 10.1. The van der Waals surface area contributed by atoms with Crippen molar-refractivity contribution in [3.05, 3.63) is 53.1 Å². The van der Waals surface area contributed by atoms with Crippen molar-refractivity contribution >= 4 is 27.3 Å². The molecule has 10 heteroatoms. The molecule has 0 aliphatic heterocycles. The summed E-state index contributed by atoms with van der Waals surface area (Å²) in [5.41, 5.74) is 0.571. The Bertz CT molecular complexity index is 960. The van der Waals surface area contributed by atoms with Gasteiger partial charge >= 0.3 is 12.1 Å². The van der Waals surface area contributed by atoms with Gasteiger partial charge in [0.05, 0.1) is 21.9 Å². The highest BCUT2D eigenvalue weighted by molar-refractivity contribution is 7.91. The first-order valence-corrected chi connectivity index (χ1v) is 9.86. The molecule has 0 aliphatic carbocycles. The molecule has 0 radical (unpaired) electrons. The number of carbonyl (C=O) groups is 1. The summed E-state index contributed by atoms with van der Waals surface area (Å²) in [6.07, 6.45) is -4.84. The van der Waals surface area contributed by atoms with E-state index in [0.29, 0.717) is 11.3 Å². The molecular formula is C18H17ClF3NO4S. The molecule has 1 unspecified atom stereocenters. The van der Waals surface area contributed by atoms with Gasteiger partial charge in [0.2, 0.25) is 9.84 Å². The SMILES string of the molecule is COc1ccc(S(=O)(=O)c2ccc(CC(C)NC(=O)C(F)(F)F)cc2)cc1Cl. The van der Waals surface area contributed by atoms with Crippen LogP contribution in [0.4, 0.5) is 13.2 Å². The van der Waals surface area contributed by atoms with Gasteiger partial charge in [-0.3, -0.25) is 4.79 Å². The van der Waals surface area contributed by atoms with E-state index in [1.165, 1.54) is 56.5 Å². The summed E-state index contributed by atoms with van der Waals surface area (Å²) in [5.74, 6) is -1.68. The quantitative estimate of drug-likeness (QED) is 0.749. The molecule has 0 aromatic heterocycles. The molecule has 152 valence electrons. The number of benzene rings is 2. The first-order valence-electron chi connectivity index (χ1n) is 8.00. The van der Waals surface area contributed by atoms with Gasteiger partial charge in [0, 0.05) is 6.04 Å². The molecule has 0 heterocycles. The van der Waals surface area contributed by atoms with Gasteiger partial charge in [0.15, 0.2) is 0 Å². The van der Waals surface area contributed by atoms with E-state index >= 15 is 0 Å². The summed E-state index contributed by atoms with van der Waals surface area (Å²) in [7, 11) is -2.42. The maximum absolute atomic E-state index is 12.7. The number of hydrogen-bond acceptors (Lipinski definition) is 4. The smallest absolute Gasteiger partial charge is 0.471 e. The fourth-order valence-corrected chi connectivity index (χ4v) is 4.07. The van der Waals surface area contributed by atoms with Gasteiger partial charge in [-0.25, -0.2) is 8.42 Å². The zero-order chi connectivity index (χ0) is 21.1. The molecule has 2 aromatic rings. The number of methoxy groups -OCH3 is 1. The van der Waals surface area contributed by atoms with Crippen LogP contribution in [-0.2, 0) is 21.1 Å². The Morgan fingerprint density at radius 3 is 2.21 bits per heavy atom. The van der Waals surface area contributed by atoms with Crippen molar-refractivity contribution in [3.63, 3.8) is 0 Å². The monoisotopic (exact) mass is 435 g/mol. The van der Waals surface area contributed by atoms with E-state index in [1.807, 2.05) is 5.32 Å². The van der Waals surface area contributed by atoms with Crippen molar-refractivity contribution in [2.45, 2.75) is 35.4 Å². The van der Waals surface area contributed by atoms with Crippen molar-refractivity contribution in [2.75, 3.05) is 7.11 Å². The van der Waals surface area contributed by atoms with E-state index in [0.717, 1.165) is 0 Å². The number of alkyl halides is 3. The number of rotatable bonds is 6. The van der Waals surface area contributed by atoms with Gasteiger partial charge < -0.3 is 10.1 Å². The number of carbonyl (C=O) groups excluding carboxylic acids is 1. The highest BCUT2D eigenvalue weighted by atomic mass is 35.5. The minimum absolute atomic E-state index is 0.00413. The highest BCUT2D eigenvalue weighted by Gasteiger charge is 2.39. The first-order chi connectivity index (χ1) is 12.9. The van der Waals surface area contributed by atoms with Crippen LogP contribution in [-0.4, -0.2) is 33.7 Å². The highest BCUT2D eigenvalue weighted by Crippen LogP contribution is 2.30. The summed E-state index contributed by atoms with van der Waals surface area (Å²) in [4.78, 5) is 10.9. The number of nitrogens with one attached hydrogen (secondary N) is 1. The number of hydrogen-bond donors (Lipinski definition) is 1. The minimum Gasteiger partial charge on any atom is -0.495 e. The van der Waals surface area contributed by atoms with E-state index in [-0.39, 0.29) is 21.2 Å². The summed E-state index contributed by atoms with van der Waals surface area (Å²) >= 11 is 5.98. The fraction of sp³-hybridized carbons (Fsp3) is 0.278. The van der Waals surface area contributed by atoms with Gasteiger partial charge in [-0.05, 0) is 49.2 Å². The van der Waals surface area contributed by atoms with E-state index < -0.39 is 28.0 Å². The summed E-state index contributed by atoms with van der Waals surface area (Å²) in [6.45, 7) is 1.42. The third-order valence-electron chi connectivity index (χ3n) is 3.84. The normalized spacial score (nSPS) is 13.1. The average Bonchev–Trinajstić information content (AvgIpc) is 2.61. The van der Waals surface area contributed by atoms with Crippen LogP contribution in [0.5, 0.6) is 5.75 Å². The Balaban J connectivity index is 2.15. The standard InChI is InChI=1S/C18H17ClF3NO4S/c1-11(23-17(24)18(20,21)22)9-12-3-5-13(6-4-12)28(25,26)14-7-8-16(27-2)15(19)10-14/h3-8,10-11H,9H2,1-2H3,(H,23,24). The Labute approximate surface area is 165 Å². The van der Waals surface area contributed by atoms with Gasteiger partial charge in [-0.15, -0.1) is 0 Å². The van der Waals surface area contributed by atoms with Gasteiger partial charge in [-0.1, -0.05) is 23.7 Å². The zero-order valence-electron chi connectivity index (χ0n) is 14.9. The van der Waals surface area contributed by atoms with Gasteiger partial charge in [0.25, 0.3) is 0 Å². The van der Waals surface area contributed by atoms with Crippen molar-refractivity contribution in [1.29, 1.82) is 0 Å². The zero-order valence-corrected chi connectivity index (χ0v) is 16.5. The molecule has 28 heavy (non-hydrogen) atoms. The molecule has 1 amide bonds. The van der Waals surface area contributed by atoms with Gasteiger partial charge in [-0.2, -0.15) is 13.2 Å².